The molecule has 0 fully saturated rings. The Labute approximate surface area is 183 Å². The molecule has 0 amide bonds. The Bertz CT molecular complexity index is 1120. The van der Waals surface area contributed by atoms with Crippen LogP contribution in [0.4, 0.5) is 4.39 Å². The van der Waals surface area contributed by atoms with E-state index in [4.69, 9.17) is 11.6 Å². The zero-order valence-electron chi connectivity index (χ0n) is 16.3. The average molecular weight is 441 g/mol. The molecule has 0 aliphatic carbocycles. The molecule has 3 rings (SSSR count). The second-order valence-electron chi connectivity index (χ2n) is 6.75. The van der Waals surface area contributed by atoms with Crippen molar-refractivity contribution in [1.29, 1.82) is 5.26 Å². The zero-order valence-corrected chi connectivity index (χ0v) is 17.9. The Morgan fingerprint density at radius 3 is 2.47 bits per heavy atom. The molecule has 0 aromatic heterocycles. The Hall–Kier alpha value is -2.88. The Balaban J connectivity index is 1.97. The summed E-state index contributed by atoms with van der Waals surface area (Å²) in [5.41, 5.74) is 2.45. The quantitative estimate of drug-likeness (QED) is 0.610. The van der Waals surface area contributed by atoms with Crippen LogP contribution in [0.25, 0.3) is 0 Å². The summed E-state index contributed by atoms with van der Waals surface area (Å²) in [6.45, 7) is 3.21. The van der Waals surface area contributed by atoms with E-state index >= 15 is 0 Å². The highest BCUT2D eigenvalue weighted by molar-refractivity contribution is 8.03. The third-order valence-corrected chi connectivity index (χ3v) is 6.12. The molecule has 2 aromatic carbocycles. The molecule has 1 aliphatic rings. The van der Waals surface area contributed by atoms with E-state index in [1.165, 1.54) is 43.0 Å². The SMILES string of the molecule is CC(=O)C1=C(C)NC(SCC(=O)c2ccc(F)cc2)=C(C#N)C1c1ccccc1Cl. The van der Waals surface area contributed by atoms with Gasteiger partial charge in [-0.25, -0.2) is 4.39 Å². The smallest absolute Gasteiger partial charge is 0.173 e. The topological polar surface area (TPSA) is 70.0 Å². The highest BCUT2D eigenvalue weighted by Gasteiger charge is 2.34. The lowest BCUT2D eigenvalue weighted by Gasteiger charge is -2.29. The van der Waals surface area contributed by atoms with Crippen LogP contribution in [0, 0.1) is 17.1 Å². The zero-order chi connectivity index (χ0) is 21.8. The molecule has 0 saturated heterocycles. The highest BCUT2D eigenvalue weighted by Crippen LogP contribution is 2.43. The molecule has 1 N–H and O–H groups in total. The summed E-state index contributed by atoms with van der Waals surface area (Å²) < 4.78 is 13.1. The molecule has 4 nitrogen and oxygen atoms in total. The third kappa shape index (κ3) is 4.48. The predicted octanol–water partition coefficient (Wildman–Crippen LogP) is 5.38. The highest BCUT2D eigenvalue weighted by atomic mass is 35.5. The van der Waals surface area contributed by atoms with Crippen LogP contribution in [-0.4, -0.2) is 17.3 Å². The Morgan fingerprint density at radius 2 is 1.87 bits per heavy atom. The fraction of sp³-hybridized carbons (Fsp3) is 0.174. The normalized spacial score (nSPS) is 16.2. The van der Waals surface area contributed by atoms with Crippen molar-refractivity contribution < 1.29 is 14.0 Å². The van der Waals surface area contributed by atoms with Crippen LogP contribution in [0.2, 0.25) is 5.02 Å². The molecule has 1 aliphatic heterocycles. The number of nitrogens with zero attached hydrogens (tertiary/aromatic N) is 1. The van der Waals surface area contributed by atoms with Crippen molar-refractivity contribution >= 4 is 34.9 Å². The van der Waals surface area contributed by atoms with Crippen molar-refractivity contribution in [2.75, 3.05) is 5.75 Å². The number of carbonyl (C=O) groups is 2. The summed E-state index contributed by atoms with van der Waals surface area (Å²) in [5, 5.41) is 14.0. The van der Waals surface area contributed by atoms with Gasteiger partial charge in [0.05, 0.1) is 28.3 Å². The lowest BCUT2D eigenvalue weighted by molar-refractivity contribution is -0.113. The van der Waals surface area contributed by atoms with E-state index in [1.54, 1.807) is 31.2 Å². The molecule has 30 heavy (non-hydrogen) atoms. The molecule has 0 bridgehead atoms. The van der Waals surface area contributed by atoms with Crippen LogP contribution in [0.15, 0.2) is 70.4 Å². The summed E-state index contributed by atoms with van der Waals surface area (Å²) in [7, 11) is 0. The summed E-state index contributed by atoms with van der Waals surface area (Å²) >= 11 is 7.56. The van der Waals surface area contributed by atoms with Gasteiger partial charge in [-0.1, -0.05) is 41.6 Å². The first-order valence-electron chi connectivity index (χ1n) is 9.12. The number of ketones is 2. The van der Waals surface area contributed by atoms with Gasteiger partial charge in [-0.05, 0) is 49.7 Å². The number of carbonyl (C=O) groups excluding carboxylic acids is 2. The van der Waals surface area contributed by atoms with Gasteiger partial charge >= 0.3 is 0 Å². The van der Waals surface area contributed by atoms with Gasteiger partial charge in [0, 0.05) is 21.9 Å². The molecular weight excluding hydrogens is 423 g/mol. The van der Waals surface area contributed by atoms with Gasteiger partial charge in [-0.2, -0.15) is 5.26 Å². The molecule has 1 unspecified atom stereocenters. The minimum atomic E-state index is -0.620. The minimum Gasteiger partial charge on any atom is -0.353 e. The second-order valence-corrected chi connectivity index (χ2v) is 8.14. The number of benzene rings is 2. The van der Waals surface area contributed by atoms with Crippen molar-refractivity contribution in [2.45, 2.75) is 19.8 Å². The Morgan fingerprint density at radius 1 is 1.20 bits per heavy atom. The van der Waals surface area contributed by atoms with Crippen LogP contribution in [0.1, 0.15) is 35.7 Å². The maximum atomic E-state index is 13.1. The van der Waals surface area contributed by atoms with Gasteiger partial charge in [-0.15, -0.1) is 0 Å². The van der Waals surface area contributed by atoms with Gasteiger partial charge in [-0.3, -0.25) is 9.59 Å². The van der Waals surface area contributed by atoms with E-state index in [0.717, 1.165) is 0 Å². The van der Waals surface area contributed by atoms with Crippen LogP contribution >= 0.6 is 23.4 Å². The van der Waals surface area contributed by atoms with Crippen molar-refractivity contribution in [3.8, 4) is 6.07 Å². The molecular formula is C23H18ClFN2O2S. The van der Waals surface area contributed by atoms with Crippen LogP contribution < -0.4 is 5.32 Å². The maximum absolute atomic E-state index is 13.1. The fourth-order valence-corrected chi connectivity index (χ4v) is 4.60. The van der Waals surface area contributed by atoms with Gasteiger partial charge in [0.25, 0.3) is 0 Å². The van der Waals surface area contributed by atoms with Crippen molar-refractivity contribution in [2.24, 2.45) is 0 Å². The van der Waals surface area contributed by atoms with Crippen LogP contribution in [-0.2, 0) is 4.79 Å². The van der Waals surface area contributed by atoms with E-state index in [0.29, 0.717) is 38.0 Å². The molecule has 7 heteroatoms. The van der Waals surface area contributed by atoms with Gasteiger partial charge in [0.1, 0.15) is 5.82 Å². The largest absolute Gasteiger partial charge is 0.353 e. The van der Waals surface area contributed by atoms with Crippen LogP contribution in [0.5, 0.6) is 0 Å². The number of thioether (sulfide) groups is 1. The van der Waals surface area contributed by atoms with Gasteiger partial charge in [0.15, 0.2) is 11.6 Å². The summed E-state index contributed by atoms with van der Waals surface area (Å²) in [4.78, 5) is 24.9. The summed E-state index contributed by atoms with van der Waals surface area (Å²) in [6.07, 6.45) is 0. The van der Waals surface area contributed by atoms with E-state index in [2.05, 4.69) is 11.4 Å². The molecule has 0 spiro atoms. The predicted molar refractivity (Wildman–Crippen MR) is 117 cm³/mol. The molecule has 1 heterocycles. The number of halogens is 2. The Kier molecular flexibility index (Phi) is 6.76. The fourth-order valence-electron chi connectivity index (χ4n) is 3.37. The lowest BCUT2D eigenvalue weighted by Crippen LogP contribution is -2.27. The molecule has 1 atom stereocenters. The van der Waals surface area contributed by atoms with E-state index in [9.17, 15) is 19.2 Å². The number of hydrogen-bond acceptors (Lipinski definition) is 5. The first-order chi connectivity index (χ1) is 14.3. The number of Topliss-reactive ketones (excluding diaryl/α,β-unsaturated/α-hetero) is 2. The maximum Gasteiger partial charge on any atom is 0.173 e. The monoisotopic (exact) mass is 440 g/mol. The first-order valence-corrected chi connectivity index (χ1v) is 10.5. The van der Waals surface area contributed by atoms with Gasteiger partial charge < -0.3 is 5.32 Å². The van der Waals surface area contributed by atoms with Crippen molar-refractivity contribution in [1.82, 2.24) is 5.32 Å². The molecule has 2 aromatic rings. The minimum absolute atomic E-state index is 0.0527. The standard InChI is InChI=1S/C23H18ClFN2O2S/c1-13-21(14(2)28)22(17-5-3-4-6-19(17)24)18(11-26)23(27-13)30-12-20(29)15-7-9-16(25)10-8-15/h3-10,22,27H,12H2,1-2H3. The lowest BCUT2D eigenvalue weighted by atomic mass is 9.81. The molecule has 152 valence electrons. The molecule has 0 saturated carbocycles. The number of allylic oxidation sites excluding steroid dienone is 3. The van der Waals surface area contributed by atoms with Crippen molar-refractivity contribution in [3.63, 3.8) is 0 Å². The van der Waals surface area contributed by atoms with E-state index < -0.39 is 11.7 Å². The molecule has 0 radical (unpaired) electrons. The van der Waals surface area contributed by atoms with E-state index in [1.807, 2.05) is 0 Å². The second kappa shape index (κ2) is 9.29. The van der Waals surface area contributed by atoms with E-state index in [-0.39, 0.29) is 17.3 Å². The third-order valence-electron chi connectivity index (χ3n) is 4.76. The summed E-state index contributed by atoms with van der Waals surface area (Å²) in [6, 6.07) is 14.6. The first kappa shape index (κ1) is 21.8. The number of hydrogen-bond donors (Lipinski definition) is 1. The number of rotatable bonds is 6. The number of nitrogens with one attached hydrogen (secondary N) is 1. The number of nitriles is 1. The van der Waals surface area contributed by atoms with Crippen LogP contribution in [0.3, 0.4) is 0 Å². The summed E-state index contributed by atoms with van der Waals surface area (Å²) in [5.74, 6) is -1.34. The number of dihydropyridines is 1. The van der Waals surface area contributed by atoms with Crippen molar-refractivity contribution in [3.05, 3.63) is 92.4 Å². The van der Waals surface area contributed by atoms with Gasteiger partial charge in [0.2, 0.25) is 0 Å². The average Bonchev–Trinajstić information content (AvgIpc) is 2.72.